The van der Waals surface area contributed by atoms with Crippen LogP contribution in [0.15, 0.2) is 47.4 Å². The molecule has 2 aliphatic rings. The van der Waals surface area contributed by atoms with Gasteiger partial charge in [-0.05, 0) is 25.0 Å². The summed E-state index contributed by atoms with van der Waals surface area (Å²) < 4.78 is 80.8. The monoisotopic (exact) mass is 528 g/mol. The van der Waals surface area contributed by atoms with E-state index in [1.807, 2.05) is 30.5 Å². The van der Waals surface area contributed by atoms with Crippen LogP contribution in [0.3, 0.4) is 0 Å². The molecule has 2 aliphatic heterocycles. The van der Waals surface area contributed by atoms with Crippen molar-refractivity contribution in [2.75, 3.05) is 13.2 Å². The Bertz CT molecular complexity index is 930. The molecule has 0 unspecified atom stereocenters. The van der Waals surface area contributed by atoms with Crippen LogP contribution in [0.25, 0.3) is 0 Å². The van der Waals surface area contributed by atoms with Gasteiger partial charge >= 0.3 is 24.3 Å². The number of carbonyl (C=O) groups is 2. The van der Waals surface area contributed by atoms with Gasteiger partial charge in [-0.15, -0.1) is 0 Å². The van der Waals surface area contributed by atoms with Crippen LogP contribution < -0.4 is 4.74 Å². The van der Waals surface area contributed by atoms with Crippen LogP contribution in [-0.4, -0.2) is 75.8 Å². The molecule has 0 amide bonds. The highest BCUT2D eigenvalue weighted by atomic mass is 19.4. The first-order valence-electron chi connectivity index (χ1n) is 10.3. The zero-order valence-corrected chi connectivity index (χ0v) is 18.4. The number of ether oxygens (including phenoxy) is 2. The van der Waals surface area contributed by atoms with E-state index in [0.29, 0.717) is 11.9 Å². The normalized spacial score (nSPS) is 21.8. The van der Waals surface area contributed by atoms with Crippen LogP contribution in [-0.2, 0) is 20.9 Å². The van der Waals surface area contributed by atoms with Crippen LogP contribution in [0.2, 0.25) is 0 Å². The molecular weight excluding hydrogens is 506 g/mol. The molecule has 2 aromatic rings. The summed E-state index contributed by atoms with van der Waals surface area (Å²) >= 11 is 0. The summed E-state index contributed by atoms with van der Waals surface area (Å²) in [5.74, 6) is -4.84. The van der Waals surface area contributed by atoms with Crippen LogP contribution >= 0.6 is 0 Å². The maximum atomic E-state index is 10.6. The molecule has 9 nitrogen and oxygen atoms in total. The van der Waals surface area contributed by atoms with Crippen molar-refractivity contribution in [1.29, 1.82) is 0 Å². The Morgan fingerprint density at radius 3 is 2.22 bits per heavy atom. The molecule has 0 aromatic carbocycles. The number of fused-ring (bicyclic) bond motifs is 1. The van der Waals surface area contributed by atoms with E-state index in [9.17, 15) is 26.3 Å². The number of pyridine rings is 1. The highest BCUT2D eigenvalue weighted by molar-refractivity contribution is 5.73. The van der Waals surface area contributed by atoms with E-state index < -0.39 is 24.3 Å². The zero-order chi connectivity index (χ0) is 26.9. The number of likely N-dealkylation sites (tertiary alicyclic amines) is 1. The second kappa shape index (κ2) is 12.6. The lowest BCUT2D eigenvalue weighted by atomic mass is 10.0. The van der Waals surface area contributed by atoms with Gasteiger partial charge in [-0.25, -0.2) is 14.6 Å². The number of carboxylic acid groups (broad SMARTS) is 2. The maximum Gasteiger partial charge on any atom is 0.490 e. The lowest BCUT2D eigenvalue weighted by molar-refractivity contribution is -0.193. The number of aromatic nitrogens is 1. The average Bonchev–Trinajstić information content (AvgIpc) is 3.43. The van der Waals surface area contributed by atoms with Crippen LogP contribution in [0.5, 0.6) is 5.88 Å². The fourth-order valence-electron chi connectivity index (χ4n) is 3.48. The predicted molar refractivity (Wildman–Crippen MR) is 108 cm³/mol. The molecule has 200 valence electrons. The Kier molecular flexibility index (Phi) is 10.1. The maximum absolute atomic E-state index is 10.6. The Balaban J connectivity index is 0.000000271. The number of carboxylic acids is 2. The minimum atomic E-state index is -5.08. The van der Waals surface area contributed by atoms with Gasteiger partial charge in [-0.2, -0.15) is 26.3 Å². The largest absolute Gasteiger partial charge is 0.490 e. The van der Waals surface area contributed by atoms with Crippen LogP contribution in [0.4, 0.5) is 26.3 Å². The molecule has 0 saturated carbocycles. The number of hydrogen-bond donors (Lipinski definition) is 2. The Hall–Kier alpha value is -3.33. The van der Waals surface area contributed by atoms with Gasteiger partial charge in [0.05, 0.1) is 12.5 Å². The summed E-state index contributed by atoms with van der Waals surface area (Å²) in [6.07, 6.45) is -2.44. The van der Waals surface area contributed by atoms with Crippen molar-refractivity contribution >= 4 is 11.9 Å². The molecule has 2 saturated heterocycles. The fourth-order valence-corrected chi connectivity index (χ4v) is 3.48. The number of nitrogens with zero attached hydrogens (tertiary/aromatic N) is 2. The molecule has 36 heavy (non-hydrogen) atoms. The Labute approximate surface area is 200 Å². The summed E-state index contributed by atoms with van der Waals surface area (Å²) in [4.78, 5) is 24.5. The van der Waals surface area contributed by atoms with Crippen molar-refractivity contribution in [2.45, 2.75) is 50.0 Å². The molecule has 0 bridgehead atoms. The third kappa shape index (κ3) is 9.03. The number of furan rings is 1. The lowest BCUT2D eigenvalue weighted by Crippen LogP contribution is -2.42. The minimum Gasteiger partial charge on any atom is -0.475 e. The number of alkyl halides is 6. The number of hydrogen-bond acceptors (Lipinski definition) is 7. The molecular formula is C21H22F6N2O7. The van der Waals surface area contributed by atoms with E-state index in [1.165, 1.54) is 5.56 Å². The van der Waals surface area contributed by atoms with Crippen molar-refractivity contribution in [2.24, 2.45) is 0 Å². The second-order valence-electron chi connectivity index (χ2n) is 7.54. The zero-order valence-electron chi connectivity index (χ0n) is 18.4. The summed E-state index contributed by atoms with van der Waals surface area (Å²) in [5, 5.41) is 14.2. The average molecular weight is 528 g/mol. The van der Waals surface area contributed by atoms with Crippen molar-refractivity contribution in [3.63, 3.8) is 0 Å². The molecule has 15 heteroatoms. The smallest absolute Gasteiger partial charge is 0.475 e. The van der Waals surface area contributed by atoms with Gasteiger partial charge in [-0.3, -0.25) is 4.90 Å². The number of rotatable bonds is 4. The third-order valence-corrected chi connectivity index (χ3v) is 4.94. The van der Waals surface area contributed by atoms with Crippen LogP contribution in [0.1, 0.15) is 18.4 Å². The number of halogens is 6. The van der Waals surface area contributed by atoms with E-state index >= 15 is 0 Å². The molecule has 3 atom stereocenters. The number of aliphatic carboxylic acids is 2. The molecule has 0 aliphatic carbocycles. The Morgan fingerprint density at radius 2 is 1.72 bits per heavy atom. The van der Waals surface area contributed by atoms with E-state index in [0.717, 1.165) is 32.5 Å². The minimum absolute atomic E-state index is 0.0344. The Morgan fingerprint density at radius 1 is 1.08 bits per heavy atom. The van der Waals surface area contributed by atoms with Crippen LogP contribution in [0, 0.1) is 0 Å². The lowest BCUT2D eigenvalue weighted by Gasteiger charge is -2.31. The van der Waals surface area contributed by atoms with Crippen molar-refractivity contribution in [3.8, 4) is 5.88 Å². The molecule has 4 rings (SSSR count). The predicted octanol–water partition coefficient (Wildman–Crippen LogP) is 3.75. The molecule has 2 N–H and O–H groups in total. The first-order chi connectivity index (χ1) is 16.8. The van der Waals surface area contributed by atoms with Gasteiger partial charge < -0.3 is 24.1 Å². The van der Waals surface area contributed by atoms with Crippen molar-refractivity contribution in [3.05, 3.63) is 48.6 Å². The van der Waals surface area contributed by atoms with E-state index in [1.54, 1.807) is 12.5 Å². The van der Waals surface area contributed by atoms with Gasteiger partial charge in [0.1, 0.15) is 12.2 Å². The van der Waals surface area contributed by atoms with Gasteiger partial charge in [0.15, 0.2) is 0 Å². The summed E-state index contributed by atoms with van der Waals surface area (Å²) in [7, 11) is 0. The van der Waals surface area contributed by atoms with E-state index in [4.69, 9.17) is 33.7 Å². The van der Waals surface area contributed by atoms with Gasteiger partial charge in [0.2, 0.25) is 5.88 Å². The standard InChI is InChI=1S/C17H20N2O3.2C2HF3O2/c1-2-7-18-16(5-1)22-15-11-19(10-13-6-9-20-12-13)14-4-3-8-21-17(14)15;2*3-2(4,5)1(6)7/h1-2,5-7,9,12,14-15,17H,3-4,8,10-11H2;2*(H,6,7)/t14-,15+,17+;;/m1../s1. The van der Waals surface area contributed by atoms with Gasteiger partial charge in [0, 0.05) is 43.6 Å². The third-order valence-electron chi connectivity index (χ3n) is 4.94. The highest BCUT2D eigenvalue weighted by Gasteiger charge is 2.45. The first-order valence-corrected chi connectivity index (χ1v) is 10.3. The molecule has 0 radical (unpaired) electrons. The second-order valence-corrected chi connectivity index (χ2v) is 7.54. The van der Waals surface area contributed by atoms with Crippen molar-refractivity contribution < 1.29 is 60.0 Å². The fraction of sp³-hybridized carbons (Fsp3) is 0.476. The molecule has 2 fully saturated rings. The quantitative estimate of drug-likeness (QED) is 0.572. The summed E-state index contributed by atoms with van der Waals surface area (Å²) in [6.45, 7) is 2.56. The molecule has 0 spiro atoms. The molecule has 4 heterocycles. The first kappa shape index (κ1) is 28.9. The van der Waals surface area contributed by atoms with E-state index in [-0.39, 0.29) is 12.2 Å². The molecule has 2 aromatic heterocycles. The van der Waals surface area contributed by atoms with Crippen molar-refractivity contribution in [1.82, 2.24) is 9.88 Å². The highest BCUT2D eigenvalue weighted by Crippen LogP contribution is 2.32. The summed E-state index contributed by atoms with van der Waals surface area (Å²) in [5.41, 5.74) is 1.20. The summed E-state index contributed by atoms with van der Waals surface area (Å²) in [6, 6.07) is 8.17. The van der Waals surface area contributed by atoms with Gasteiger partial charge in [-0.1, -0.05) is 6.07 Å². The van der Waals surface area contributed by atoms with E-state index in [2.05, 4.69) is 9.88 Å². The SMILES string of the molecule is O=C(O)C(F)(F)F.O=C(O)C(F)(F)F.c1ccc(O[C@H]2CN(Cc3ccoc3)[C@@H]3CCCO[C@H]23)nc1. The van der Waals surface area contributed by atoms with Gasteiger partial charge in [0.25, 0.3) is 0 Å². The topological polar surface area (TPSA) is 122 Å².